The maximum atomic E-state index is 14.7. The summed E-state index contributed by atoms with van der Waals surface area (Å²) in [5, 5.41) is 12.8. The molecule has 11 nitrogen and oxygen atoms in total. The van der Waals surface area contributed by atoms with Gasteiger partial charge in [0.15, 0.2) is 0 Å². The Hall–Kier alpha value is -4.99. The van der Waals surface area contributed by atoms with Gasteiger partial charge in [-0.3, -0.25) is 28.8 Å². The largest absolute Gasteiger partial charge is 0.352 e. The molecule has 0 bridgehead atoms. The average Bonchev–Trinajstić information content (AvgIpc) is 3.77. The standard InChI is InChI=1S/C35H30Cl2F3N7O4S/c1-46-30(25(36)16-44-46)24-13-28(52-31(24)37)34(51)45-21(12-19-5-4-6-20(38)11-19)15-42-33(50)27-14-35(39,40)18-47(27)29(48)17-43-32(49)23-9-10-41-26-8-3-2-7-22(23)26/h2-11,13,16,21,27H,12,14-15,17-18H2,1H3,(H,42,50)(H,43,49)(H,45,51)/t21-,27-/m0/s1. The average molecular weight is 773 g/mol. The molecule has 270 valence electrons. The van der Waals surface area contributed by atoms with Crippen LogP contribution in [0.25, 0.3) is 22.2 Å². The van der Waals surface area contributed by atoms with E-state index in [1.54, 1.807) is 43.4 Å². The Balaban J connectivity index is 1.14. The quantitative estimate of drug-likeness (QED) is 0.168. The van der Waals surface area contributed by atoms with Gasteiger partial charge in [0, 0.05) is 37.2 Å². The molecule has 2 aromatic carbocycles. The van der Waals surface area contributed by atoms with Gasteiger partial charge in [-0.05, 0) is 42.3 Å². The van der Waals surface area contributed by atoms with E-state index in [2.05, 4.69) is 26.0 Å². The summed E-state index contributed by atoms with van der Waals surface area (Å²) in [6.07, 6.45) is 2.00. The molecule has 0 unspecified atom stereocenters. The van der Waals surface area contributed by atoms with Crippen molar-refractivity contribution in [3.8, 4) is 11.3 Å². The molecule has 52 heavy (non-hydrogen) atoms. The summed E-state index contributed by atoms with van der Waals surface area (Å²) in [7, 11) is 1.67. The molecule has 6 rings (SSSR count). The van der Waals surface area contributed by atoms with Gasteiger partial charge in [-0.15, -0.1) is 11.3 Å². The highest BCUT2D eigenvalue weighted by Gasteiger charge is 2.50. The van der Waals surface area contributed by atoms with E-state index in [4.69, 9.17) is 23.2 Å². The van der Waals surface area contributed by atoms with E-state index in [9.17, 15) is 32.3 Å². The number of hydrogen-bond acceptors (Lipinski definition) is 7. The minimum Gasteiger partial charge on any atom is -0.352 e. The highest BCUT2D eigenvalue weighted by molar-refractivity contribution is 7.18. The van der Waals surface area contributed by atoms with Crippen LogP contribution in [0.3, 0.4) is 0 Å². The van der Waals surface area contributed by atoms with E-state index >= 15 is 0 Å². The summed E-state index contributed by atoms with van der Waals surface area (Å²) in [5.74, 6) is -6.83. The Kier molecular flexibility index (Phi) is 10.8. The molecule has 4 amide bonds. The van der Waals surface area contributed by atoms with Crippen molar-refractivity contribution in [2.24, 2.45) is 7.05 Å². The predicted molar refractivity (Wildman–Crippen MR) is 190 cm³/mol. The molecule has 4 heterocycles. The van der Waals surface area contributed by atoms with Crippen LogP contribution in [0.5, 0.6) is 0 Å². The minimum atomic E-state index is -3.37. The number of likely N-dealkylation sites (tertiary alicyclic amines) is 1. The van der Waals surface area contributed by atoms with Crippen LogP contribution in [-0.4, -0.2) is 80.9 Å². The number of carbonyl (C=O) groups excluding carboxylic acids is 4. The highest BCUT2D eigenvalue weighted by Crippen LogP contribution is 2.39. The summed E-state index contributed by atoms with van der Waals surface area (Å²) >= 11 is 13.7. The van der Waals surface area contributed by atoms with Crippen molar-refractivity contribution in [1.82, 2.24) is 35.6 Å². The molecule has 0 saturated carbocycles. The number of para-hydroxylation sites is 1. The number of halogens is 5. The fourth-order valence-corrected chi connectivity index (χ4v) is 7.48. The number of nitrogens with one attached hydrogen (secondary N) is 3. The zero-order chi connectivity index (χ0) is 37.2. The topological polar surface area (TPSA) is 138 Å². The number of carbonyl (C=O) groups is 4. The summed E-state index contributed by atoms with van der Waals surface area (Å²) in [6.45, 7) is -1.91. The molecule has 0 radical (unpaired) electrons. The minimum absolute atomic E-state index is 0.0580. The lowest BCUT2D eigenvalue weighted by molar-refractivity contribution is -0.138. The number of rotatable bonds is 11. The molecule has 1 aliphatic rings. The number of alkyl halides is 2. The third kappa shape index (κ3) is 8.22. The zero-order valence-corrected chi connectivity index (χ0v) is 29.7. The van der Waals surface area contributed by atoms with Crippen molar-refractivity contribution in [3.05, 3.63) is 104 Å². The number of thiophene rings is 1. The van der Waals surface area contributed by atoms with Crippen molar-refractivity contribution in [2.75, 3.05) is 19.6 Å². The van der Waals surface area contributed by atoms with Gasteiger partial charge in [-0.2, -0.15) is 5.10 Å². The van der Waals surface area contributed by atoms with Gasteiger partial charge >= 0.3 is 0 Å². The lowest BCUT2D eigenvalue weighted by Crippen LogP contribution is -2.52. The first-order chi connectivity index (χ1) is 24.8. The van der Waals surface area contributed by atoms with E-state index < -0.39 is 67.0 Å². The molecule has 5 aromatic rings. The Bertz CT molecular complexity index is 2150. The first-order valence-corrected chi connectivity index (χ1v) is 17.5. The molecule has 0 aliphatic carbocycles. The van der Waals surface area contributed by atoms with E-state index in [0.29, 0.717) is 32.7 Å². The van der Waals surface area contributed by atoms with Gasteiger partial charge in [0.25, 0.3) is 17.7 Å². The van der Waals surface area contributed by atoms with Crippen LogP contribution in [0.4, 0.5) is 13.2 Å². The van der Waals surface area contributed by atoms with Crippen LogP contribution in [0, 0.1) is 5.82 Å². The molecule has 1 saturated heterocycles. The van der Waals surface area contributed by atoms with E-state index in [1.807, 2.05) is 0 Å². The Labute approximate surface area is 309 Å². The third-order valence-corrected chi connectivity index (χ3v) is 10.1. The van der Waals surface area contributed by atoms with Gasteiger partial charge in [0.05, 0.1) is 52.0 Å². The fraction of sp³-hybridized carbons (Fsp3) is 0.257. The number of hydrogen-bond donors (Lipinski definition) is 3. The molecule has 0 spiro atoms. The summed E-state index contributed by atoms with van der Waals surface area (Å²) in [4.78, 5) is 58.2. The molecule has 17 heteroatoms. The number of fused-ring (bicyclic) bond motifs is 1. The highest BCUT2D eigenvalue weighted by atomic mass is 35.5. The van der Waals surface area contributed by atoms with Gasteiger partial charge in [-0.25, -0.2) is 13.2 Å². The maximum Gasteiger partial charge on any atom is 0.267 e. The molecule has 1 fully saturated rings. The number of aromatic nitrogens is 3. The molecular weight excluding hydrogens is 742 g/mol. The second-order valence-corrected chi connectivity index (χ2v) is 14.2. The Morgan fingerprint density at radius 2 is 1.83 bits per heavy atom. The number of nitrogens with zero attached hydrogens (tertiary/aromatic N) is 4. The normalized spacial score (nSPS) is 15.7. The van der Waals surface area contributed by atoms with Crippen molar-refractivity contribution < 1.29 is 32.3 Å². The second-order valence-electron chi connectivity index (χ2n) is 12.2. The number of amides is 4. The molecular formula is C35H30Cl2F3N7O4S. The monoisotopic (exact) mass is 771 g/mol. The molecule has 3 aromatic heterocycles. The first-order valence-electron chi connectivity index (χ1n) is 15.9. The third-order valence-electron chi connectivity index (χ3n) is 8.48. The van der Waals surface area contributed by atoms with Crippen molar-refractivity contribution in [1.29, 1.82) is 0 Å². The van der Waals surface area contributed by atoms with Crippen molar-refractivity contribution >= 4 is 69.1 Å². The van der Waals surface area contributed by atoms with Gasteiger partial charge in [0.2, 0.25) is 11.8 Å². The van der Waals surface area contributed by atoms with Crippen LogP contribution < -0.4 is 16.0 Å². The number of benzene rings is 2. The maximum absolute atomic E-state index is 14.7. The van der Waals surface area contributed by atoms with Gasteiger partial charge in [0.1, 0.15) is 16.2 Å². The predicted octanol–water partition coefficient (Wildman–Crippen LogP) is 5.27. The van der Waals surface area contributed by atoms with Crippen LogP contribution in [-0.2, 0) is 23.1 Å². The summed E-state index contributed by atoms with van der Waals surface area (Å²) in [6, 6.07) is 13.2. The van der Waals surface area contributed by atoms with E-state index in [1.165, 1.54) is 41.3 Å². The van der Waals surface area contributed by atoms with E-state index in [0.717, 1.165) is 16.2 Å². The first kappa shape index (κ1) is 36.8. The van der Waals surface area contributed by atoms with Crippen LogP contribution in [0.15, 0.2) is 73.1 Å². The molecule has 3 N–H and O–H groups in total. The number of pyridine rings is 1. The smallest absolute Gasteiger partial charge is 0.267 e. The van der Waals surface area contributed by atoms with E-state index in [-0.39, 0.29) is 27.7 Å². The lowest BCUT2D eigenvalue weighted by atomic mass is 10.0. The lowest BCUT2D eigenvalue weighted by Gasteiger charge is -2.25. The van der Waals surface area contributed by atoms with Crippen molar-refractivity contribution in [3.63, 3.8) is 0 Å². The van der Waals surface area contributed by atoms with Gasteiger partial charge in [-0.1, -0.05) is 53.5 Å². The number of aryl methyl sites for hydroxylation is 1. The fourth-order valence-electron chi connectivity index (χ4n) is 6.04. The Morgan fingerprint density at radius 1 is 1.04 bits per heavy atom. The zero-order valence-electron chi connectivity index (χ0n) is 27.3. The molecule has 1 aliphatic heterocycles. The molecule has 2 atom stereocenters. The summed E-state index contributed by atoms with van der Waals surface area (Å²) in [5.41, 5.74) is 2.28. The van der Waals surface area contributed by atoms with Crippen LogP contribution in [0.1, 0.15) is 32.0 Å². The van der Waals surface area contributed by atoms with Crippen LogP contribution in [0.2, 0.25) is 9.36 Å². The van der Waals surface area contributed by atoms with Crippen molar-refractivity contribution in [2.45, 2.75) is 30.8 Å². The van der Waals surface area contributed by atoms with Crippen LogP contribution >= 0.6 is 34.5 Å². The summed E-state index contributed by atoms with van der Waals surface area (Å²) < 4.78 is 45.2. The second kappa shape index (κ2) is 15.3. The SMILES string of the molecule is Cn1ncc(Cl)c1-c1cc(C(=O)N[C@H](CNC(=O)[C@@H]2CC(F)(F)CN2C(=O)CNC(=O)c2ccnc3ccccc23)Cc2cccc(F)c2)sc1Cl. The van der Waals surface area contributed by atoms with Gasteiger partial charge < -0.3 is 20.9 Å². The Morgan fingerprint density at radius 3 is 2.58 bits per heavy atom.